The standard InChI is InChI=1S/C12H17/c1-9(2)10-6-7-11(8-10)12(3,4)5/h7-8H,1-5H3. The van der Waals surface area contributed by atoms with Crippen LogP contribution in [-0.4, -0.2) is 0 Å². The molecule has 0 spiro atoms. The van der Waals surface area contributed by atoms with E-state index < -0.39 is 0 Å². The third-order valence-corrected chi connectivity index (χ3v) is 2.09. The topological polar surface area (TPSA) is 0 Å². The third-order valence-electron chi connectivity index (χ3n) is 2.09. The maximum atomic E-state index is 3.27. The first-order chi connectivity index (χ1) is 5.41. The van der Waals surface area contributed by atoms with Gasteiger partial charge in [0.25, 0.3) is 0 Å². The summed E-state index contributed by atoms with van der Waals surface area (Å²) in [6.07, 6.45) is 7.61. The minimum atomic E-state index is 0.254. The molecule has 65 valence electrons. The van der Waals surface area contributed by atoms with Gasteiger partial charge in [-0.2, -0.15) is 0 Å². The molecule has 1 radical (unpaired) electrons. The van der Waals surface area contributed by atoms with Gasteiger partial charge in [-0.15, -0.1) is 0 Å². The lowest BCUT2D eigenvalue weighted by Crippen LogP contribution is -2.05. The quantitative estimate of drug-likeness (QED) is 0.508. The summed E-state index contributed by atoms with van der Waals surface area (Å²) in [6.45, 7) is 10.9. The summed E-state index contributed by atoms with van der Waals surface area (Å²) in [5.74, 6) is 0. The minimum Gasteiger partial charge on any atom is -0.0686 e. The van der Waals surface area contributed by atoms with Crippen LogP contribution in [0.15, 0.2) is 28.9 Å². The Labute approximate surface area is 75.7 Å². The van der Waals surface area contributed by atoms with Crippen LogP contribution in [0.1, 0.15) is 34.6 Å². The van der Waals surface area contributed by atoms with E-state index in [0.717, 1.165) is 0 Å². The number of allylic oxidation sites excluding steroid dienone is 6. The Morgan fingerprint density at radius 1 is 1.25 bits per heavy atom. The lowest BCUT2D eigenvalue weighted by atomic mass is 9.87. The van der Waals surface area contributed by atoms with E-state index in [1.807, 2.05) is 0 Å². The van der Waals surface area contributed by atoms with Crippen molar-refractivity contribution in [1.82, 2.24) is 0 Å². The first kappa shape index (κ1) is 9.31. The van der Waals surface area contributed by atoms with Gasteiger partial charge in [-0.05, 0) is 42.6 Å². The number of rotatable bonds is 0. The fraction of sp³-hybridized carbons (Fsp3) is 0.500. The van der Waals surface area contributed by atoms with E-state index in [9.17, 15) is 0 Å². The van der Waals surface area contributed by atoms with Crippen LogP contribution in [0.25, 0.3) is 0 Å². The minimum absolute atomic E-state index is 0.254. The summed E-state index contributed by atoms with van der Waals surface area (Å²) in [5.41, 5.74) is 4.22. The zero-order valence-electron chi connectivity index (χ0n) is 8.65. The fourth-order valence-corrected chi connectivity index (χ4v) is 1.12. The van der Waals surface area contributed by atoms with Gasteiger partial charge in [-0.1, -0.05) is 32.4 Å². The van der Waals surface area contributed by atoms with Crippen molar-refractivity contribution in [3.63, 3.8) is 0 Å². The molecule has 0 aromatic heterocycles. The molecule has 1 rings (SSSR count). The van der Waals surface area contributed by atoms with Gasteiger partial charge in [-0.3, -0.25) is 0 Å². The number of hydrogen-bond donors (Lipinski definition) is 0. The van der Waals surface area contributed by atoms with E-state index in [4.69, 9.17) is 0 Å². The normalized spacial score (nSPS) is 16.8. The molecule has 0 heteroatoms. The van der Waals surface area contributed by atoms with Gasteiger partial charge in [0.1, 0.15) is 0 Å². The zero-order valence-corrected chi connectivity index (χ0v) is 8.65. The van der Waals surface area contributed by atoms with E-state index in [1.54, 1.807) is 0 Å². The molecular formula is C12H17. The van der Waals surface area contributed by atoms with E-state index in [2.05, 4.69) is 52.8 Å². The lowest BCUT2D eigenvalue weighted by molar-refractivity contribution is 0.518. The van der Waals surface area contributed by atoms with Crippen molar-refractivity contribution in [2.24, 2.45) is 5.41 Å². The second kappa shape index (κ2) is 2.93. The Bertz CT molecular complexity index is 263. The maximum Gasteiger partial charge on any atom is -0.0103 e. The summed E-state index contributed by atoms with van der Waals surface area (Å²) >= 11 is 0. The molecule has 0 aliphatic heterocycles. The fourth-order valence-electron chi connectivity index (χ4n) is 1.12. The largest absolute Gasteiger partial charge is 0.0686 e. The second-order valence-electron chi connectivity index (χ2n) is 4.55. The lowest BCUT2D eigenvalue weighted by Gasteiger charge is -2.17. The summed E-state index contributed by atoms with van der Waals surface area (Å²) in [7, 11) is 0. The van der Waals surface area contributed by atoms with Gasteiger partial charge in [0.15, 0.2) is 0 Å². The van der Waals surface area contributed by atoms with Crippen molar-refractivity contribution in [1.29, 1.82) is 0 Å². The Kier molecular flexibility index (Phi) is 2.27. The average Bonchev–Trinajstić information content (AvgIpc) is 2.30. The molecule has 0 aromatic carbocycles. The molecule has 0 fully saturated rings. The summed E-state index contributed by atoms with van der Waals surface area (Å²) in [6, 6.07) is 0. The molecule has 1 aliphatic carbocycles. The van der Waals surface area contributed by atoms with Crippen LogP contribution in [0.5, 0.6) is 0 Å². The highest BCUT2D eigenvalue weighted by Crippen LogP contribution is 2.31. The molecule has 0 nitrogen and oxygen atoms in total. The van der Waals surface area contributed by atoms with Crippen LogP contribution in [0.4, 0.5) is 0 Å². The van der Waals surface area contributed by atoms with Gasteiger partial charge in [0.05, 0.1) is 0 Å². The molecule has 12 heavy (non-hydrogen) atoms. The average molecular weight is 161 g/mol. The summed E-state index contributed by atoms with van der Waals surface area (Å²) in [5, 5.41) is 0. The molecule has 0 heterocycles. The molecule has 0 N–H and O–H groups in total. The van der Waals surface area contributed by atoms with E-state index in [1.165, 1.54) is 16.7 Å². The Morgan fingerprint density at radius 3 is 2.08 bits per heavy atom. The highest BCUT2D eigenvalue weighted by atomic mass is 14.2. The predicted molar refractivity (Wildman–Crippen MR) is 53.7 cm³/mol. The van der Waals surface area contributed by atoms with Crippen molar-refractivity contribution in [2.75, 3.05) is 0 Å². The molecule has 0 atom stereocenters. The van der Waals surface area contributed by atoms with Gasteiger partial charge < -0.3 is 0 Å². The van der Waals surface area contributed by atoms with Crippen molar-refractivity contribution >= 4 is 0 Å². The van der Waals surface area contributed by atoms with Gasteiger partial charge in [-0.25, -0.2) is 0 Å². The SMILES string of the molecule is CC(C)=C1[C]=CC(C(C)(C)C)=C1. The highest BCUT2D eigenvalue weighted by molar-refractivity contribution is 5.46. The first-order valence-electron chi connectivity index (χ1n) is 4.40. The van der Waals surface area contributed by atoms with Crippen molar-refractivity contribution in [3.05, 3.63) is 34.9 Å². The monoisotopic (exact) mass is 161 g/mol. The van der Waals surface area contributed by atoms with Crippen LogP contribution in [0.3, 0.4) is 0 Å². The van der Waals surface area contributed by atoms with Crippen LogP contribution in [-0.2, 0) is 0 Å². The maximum absolute atomic E-state index is 3.27. The van der Waals surface area contributed by atoms with E-state index in [-0.39, 0.29) is 5.41 Å². The third kappa shape index (κ3) is 1.88. The highest BCUT2D eigenvalue weighted by Gasteiger charge is 2.17. The van der Waals surface area contributed by atoms with Crippen molar-refractivity contribution in [3.8, 4) is 0 Å². The van der Waals surface area contributed by atoms with Crippen LogP contribution >= 0.6 is 0 Å². The van der Waals surface area contributed by atoms with Gasteiger partial charge in [0.2, 0.25) is 0 Å². The Balaban J connectivity index is 2.97. The summed E-state index contributed by atoms with van der Waals surface area (Å²) in [4.78, 5) is 0. The number of hydrogen-bond acceptors (Lipinski definition) is 0. The molecule has 0 saturated carbocycles. The van der Waals surface area contributed by atoms with Crippen molar-refractivity contribution in [2.45, 2.75) is 34.6 Å². The van der Waals surface area contributed by atoms with E-state index in [0.29, 0.717) is 0 Å². The second-order valence-corrected chi connectivity index (χ2v) is 4.55. The predicted octanol–water partition coefficient (Wildman–Crippen LogP) is 3.67. The Morgan fingerprint density at radius 2 is 1.83 bits per heavy atom. The van der Waals surface area contributed by atoms with Crippen LogP contribution in [0.2, 0.25) is 0 Å². The zero-order chi connectivity index (χ0) is 9.35. The van der Waals surface area contributed by atoms with Crippen LogP contribution < -0.4 is 0 Å². The Hall–Kier alpha value is -0.780. The molecule has 1 aliphatic rings. The van der Waals surface area contributed by atoms with E-state index >= 15 is 0 Å². The molecule has 0 amide bonds. The first-order valence-corrected chi connectivity index (χ1v) is 4.40. The molecule has 0 aromatic rings. The molecule has 0 saturated heterocycles. The van der Waals surface area contributed by atoms with Gasteiger partial charge >= 0.3 is 0 Å². The molecular weight excluding hydrogens is 144 g/mol. The smallest absolute Gasteiger partial charge is 0.0103 e. The molecule has 0 unspecified atom stereocenters. The van der Waals surface area contributed by atoms with Crippen molar-refractivity contribution < 1.29 is 0 Å². The summed E-state index contributed by atoms with van der Waals surface area (Å²) < 4.78 is 0. The van der Waals surface area contributed by atoms with Crippen LogP contribution in [0, 0.1) is 11.5 Å². The molecule has 0 bridgehead atoms. The van der Waals surface area contributed by atoms with Gasteiger partial charge in [0, 0.05) is 0 Å².